The molecular formula is C36H43FN2O4. The second-order valence-corrected chi connectivity index (χ2v) is 12.7. The molecule has 1 aromatic heterocycles. The number of likely N-dealkylation sites (tertiary alicyclic amines) is 1. The van der Waals surface area contributed by atoms with Crippen molar-refractivity contribution in [1.29, 1.82) is 0 Å². The molecule has 1 unspecified atom stereocenters. The number of halogens is 1. The third-order valence-corrected chi connectivity index (χ3v) is 9.90. The van der Waals surface area contributed by atoms with Gasteiger partial charge >= 0.3 is 5.97 Å². The number of pyridine rings is 1. The van der Waals surface area contributed by atoms with Gasteiger partial charge in [-0.1, -0.05) is 50.6 Å². The van der Waals surface area contributed by atoms with Crippen LogP contribution in [0.15, 0.2) is 48.7 Å². The minimum atomic E-state index is -0.747. The summed E-state index contributed by atoms with van der Waals surface area (Å²) in [7, 11) is 1.55. The average Bonchev–Trinajstić information content (AvgIpc) is 3.86. The lowest BCUT2D eigenvalue weighted by atomic mass is 9.82. The van der Waals surface area contributed by atoms with Crippen LogP contribution >= 0.6 is 0 Å². The van der Waals surface area contributed by atoms with Crippen molar-refractivity contribution >= 4 is 5.97 Å². The Kier molecular flexibility index (Phi) is 8.71. The van der Waals surface area contributed by atoms with E-state index in [0.29, 0.717) is 23.4 Å². The molecule has 1 saturated carbocycles. The third kappa shape index (κ3) is 6.28. The van der Waals surface area contributed by atoms with E-state index in [-0.39, 0.29) is 17.8 Å². The van der Waals surface area contributed by atoms with Crippen LogP contribution in [-0.2, 0) is 17.8 Å². The van der Waals surface area contributed by atoms with E-state index in [2.05, 4.69) is 47.1 Å². The Morgan fingerprint density at radius 2 is 1.95 bits per heavy atom. The molecule has 43 heavy (non-hydrogen) atoms. The quantitative estimate of drug-likeness (QED) is 0.260. The second kappa shape index (κ2) is 12.7. The predicted octanol–water partition coefficient (Wildman–Crippen LogP) is 7.94. The van der Waals surface area contributed by atoms with Crippen LogP contribution < -0.4 is 9.47 Å². The highest BCUT2D eigenvalue weighted by Gasteiger charge is 2.39. The molecule has 7 heteroatoms. The number of fused-ring (bicyclic) bond motifs is 1. The van der Waals surface area contributed by atoms with E-state index in [1.165, 1.54) is 31.0 Å². The van der Waals surface area contributed by atoms with E-state index in [9.17, 15) is 9.90 Å². The van der Waals surface area contributed by atoms with Gasteiger partial charge < -0.3 is 14.6 Å². The largest absolute Gasteiger partial charge is 0.485 e. The van der Waals surface area contributed by atoms with Crippen molar-refractivity contribution in [3.8, 4) is 22.8 Å². The first-order chi connectivity index (χ1) is 20.9. The van der Waals surface area contributed by atoms with Gasteiger partial charge in [-0.2, -0.15) is 0 Å². The number of aromatic nitrogens is 1. The number of hydrogen-bond donors (Lipinski definition) is 1. The molecule has 0 radical (unpaired) electrons. The minimum absolute atomic E-state index is 0.000895. The van der Waals surface area contributed by atoms with Crippen LogP contribution in [0, 0.1) is 17.7 Å². The first-order valence-corrected chi connectivity index (χ1v) is 15.9. The van der Waals surface area contributed by atoms with Crippen molar-refractivity contribution in [3.63, 3.8) is 0 Å². The SMILES string of the molecule is CCC1CCCCN1Cc1cc([C@@H]2CCc3ccc([C@H](C4CC4)[C@H](C)C(=O)O)cc3O2)ccc1-c1cc(OC)ncc1F. The molecule has 1 aliphatic carbocycles. The standard InChI is InChI=1S/C36H43FN2O4/c1-4-28-7-5-6-16-39(28)21-27-17-25(12-14-29(27)30-19-34(42-3)38-20-31(30)37)32-15-13-23-8-11-26(18-33(23)43-32)35(24-9-10-24)22(2)36(40)41/h8,11-12,14,17-20,22,24,28,32,35H,4-7,9-10,13,15-16,21H2,1-3H3,(H,40,41)/t22-,28?,32-,35-/m0/s1. The maximum absolute atomic E-state index is 15.2. The Morgan fingerprint density at radius 1 is 1.12 bits per heavy atom. The Balaban J connectivity index is 1.33. The van der Waals surface area contributed by atoms with Crippen LogP contribution in [0.25, 0.3) is 11.1 Å². The van der Waals surface area contributed by atoms with E-state index in [0.717, 1.165) is 73.2 Å². The number of aliphatic carboxylic acids is 1. The number of ether oxygens (including phenoxy) is 2. The summed E-state index contributed by atoms with van der Waals surface area (Å²) in [6, 6.07) is 14.8. The zero-order valence-corrected chi connectivity index (χ0v) is 25.5. The number of benzene rings is 2. The number of rotatable bonds is 10. The van der Waals surface area contributed by atoms with E-state index in [1.54, 1.807) is 13.2 Å². The summed E-state index contributed by atoms with van der Waals surface area (Å²) in [5, 5.41) is 9.78. The fourth-order valence-electron chi connectivity index (χ4n) is 7.30. The van der Waals surface area contributed by atoms with Crippen molar-refractivity contribution in [2.24, 2.45) is 11.8 Å². The van der Waals surface area contributed by atoms with Crippen molar-refractivity contribution in [2.75, 3.05) is 13.7 Å². The molecule has 3 heterocycles. The molecule has 1 saturated heterocycles. The monoisotopic (exact) mass is 586 g/mol. The number of methoxy groups -OCH3 is 1. The molecule has 2 aromatic carbocycles. The summed E-state index contributed by atoms with van der Waals surface area (Å²) in [5.41, 5.74) is 5.74. The highest BCUT2D eigenvalue weighted by atomic mass is 19.1. The lowest BCUT2D eigenvalue weighted by Crippen LogP contribution is -2.38. The molecule has 228 valence electrons. The molecule has 6 rings (SSSR count). The number of carbonyl (C=O) groups is 1. The van der Waals surface area contributed by atoms with Gasteiger partial charge in [-0.05, 0) is 97.2 Å². The van der Waals surface area contributed by atoms with Crippen LogP contribution in [0.5, 0.6) is 11.6 Å². The molecule has 0 bridgehead atoms. The van der Waals surface area contributed by atoms with Gasteiger partial charge in [0.25, 0.3) is 0 Å². The summed E-state index contributed by atoms with van der Waals surface area (Å²) in [5.74, 6) is 0.123. The van der Waals surface area contributed by atoms with Gasteiger partial charge in [0.1, 0.15) is 17.7 Å². The molecule has 3 aromatic rings. The van der Waals surface area contributed by atoms with Crippen LogP contribution in [-0.4, -0.2) is 40.7 Å². The first-order valence-electron chi connectivity index (χ1n) is 15.9. The number of nitrogens with zero attached hydrogens (tertiary/aromatic N) is 2. The molecule has 1 N–H and O–H groups in total. The van der Waals surface area contributed by atoms with E-state index in [4.69, 9.17) is 9.47 Å². The van der Waals surface area contributed by atoms with Crippen LogP contribution in [0.4, 0.5) is 4.39 Å². The summed E-state index contributed by atoms with van der Waals surface area (Å²) in [6.45, 7) is 5.86. The summed E-state index contributed by atoms with van der Waals surface area (Å²) >= 11 is 0. The van der Waals surface area contributed by atoms with E-state index in [1.807, 2.05) is 13.0 Å². The van der Waals surface area contributed by atoms with Gasteiger partial charge in [0.2, 0.25) is 5.88 Å². The van der Waals surface area contributed by atoms with E-state index < -0.39 is 11.9 Å². The summed E-state index contributed by atoms with van der Waals surface area (Å²) in [4.78, 5) is 18.5. The van der Waals surface area contributed by atoms with Crippen LogP contribution in [0.2, 0.25) is 0 Å². The minimum Gasteiger partial charge on any atom is -0.485 e. The Morgan fingerprint density at radius 3 is 2.70 bits per heavy atom. The van der Waals surface area contributed by atoms with E-state index >= 15 is 4.39 Å². The molecule has 0 spiro atoms. The molecule has 6 nitrogen and oxygen atoms in total. The van der Waals surface area contributed by atoms with Crippen molar-refractivity contribution < 1.29 is 23.8 Å². The topological polar surface area (TPSA) is 71.9 Å². The highest BCUT2D eigenvalue weighted by molar-refractivity contribution is 5.71. The van der Waals surface area contributed by atoms with Crippen molar-refractivity contribution in [1.82, 2.24) is 9.88 Å². The fourth-order valence-corrected chi connectivity index (χ4v) is 7.30. The van der Waals surface area contributed by atoms with Gasteiger partial charge in [0.15, 0.2) is 0 Å². The number of carboxylic acids is 1. The lowest BCUT2D eigenvalue weighted by Gasteiger charge is -2.36. The lowest BCUT2D eigenvalue weighted by molar-refractivity contribution is -0.142. The molecule has 0 amide bonds. The molecule has 3 aliphatic rings. The summed E-state index contributed by atoms with van der Waals surface area (Å²) in [6.07, 6.45) is 9.72. The Labute approximate surface area is 254 Å². The normalized spacial score (nSPS) is 21.9. The van der Waals surface area contributed by atoms with Gasteiger partial charge in [-0.25, -0.2) is 9.37 Å². The molecule has 4 atom stereocenters. The Bertz CT molecular complexity index is 1470. The fraction of sp³-hybridized carbons (Fsp3) is 0.500. The van der Waals surface area contributed by atoms with Gasteiger partial charge in [-0.3, -0.25) is 9.69 Å². The molecule has 2 aliphatic heterocycles. The number of carboxylic acid groups (broad SMARTS) is 1. The predicted molar refractivity (Wildman–Crippen MR) is 165 cm³/mol. The second-order valence-electron chi connectivity index (χ2n) is 12.7. The maximum Gasteiger partial charge on any atom is 0.306 e. The first kappa shape index (κ1) is 29.6. The van der Waals surface area contributed by atoms with Crippen LogP contribution in [0.1, 0.15) is 93.1 Å². The highest BCUT2D eigenvalue weighted by Crippen LogP contribution is 2.48. The molecular weight excluding hydrogens is 543 g/mol. The summed E-state index contributed by atoms with van der Waals surface area (Å²) < 4.78 is 27.2. The van der Waals surface area contributed by atoms with Gasteiger partial charge in [0, 0.05) is 24.2 Å². The smallest absolute Gasteiger partial charge is 0.306 e. The Hall–Kier alpha value is -3.45. The van der Waals surface area contributed by atoms with Crippen molar-refractivity contribution in [3.05, 3.63) is 76.7 Å². The number of piperidine rings is 1. The zero-order chi connectivity index (χ0) is 30.1. The van der Waals surface area contributed by atoms with Crippen molar-refractivity contribution in [2.45, 2.75) is 89.8 Å². The molecule has 2 fully saturated rings. The zero-order valence-electron chi connectivity index (χ0n) is 25.5. The third-order valence-electron chi connectivity index (χ3n) is 9.90. The van der Waals surface area contributed by atoms with Gasteiger partial charge in [0.05, 0.1) is 19.2 Å². The average molecular weight is 587 g/mol. The maximum atomic E-state index is 15.2. The number of hydrogen-bond acceptors (Lipinski definition) is 5. The number of aryl methyl sites for hydroxylation is 1. The van der Waals surface area contributed by atoms with Gasteiger partial charge in [-0.15, -0.1) is 0 Å². The van der Waals surface area contributed by atoms with Crippen LogP contribution in [0.3, 0.4) is 0 Å².